The number of rotatable bonds is 4. The van der Waals surface area contributed by atoms with Crippen LogP contribution in [0.4, 0.5) is 0 Å². The molecule has 1 heterocycles. The predicted molar refractivity (Wildman–Crippen MR) is 103 cm³/mol. The highest BCUT2D eigenvalue weighted by Gasteiger charge is 2.42. The Bertz CT molecular complexity index is 992. The van der Waals surface area contributed by atoms with Gasteiger partial charge < -0.3 is 10.6 Å². The van der Waals surface area contributed by atoms with Gasteiger partial charge >= 0.3 is 0 Å². The summed E-state index contributed by atoms with van der Waals surface area (Å²) in [5, 5.41) is 19.0. The largest absolute Gasteiger partial charge is 0.368 e. The fraction of sp³-hybridized carbons (Fsp3) is 0.227. The van der Waals surface area contributed by atoms with Crippen LogP contribution < -0.4 is 5.73 Å². The summed E-state index contributed by atoms with van der Waals surface area (Å²) in [6, 6.07) is 19.0. The summed E-state index contributed by atoms with van der Waals surface area (Å²) in [7, 11) is 1.81. The van der Waals surface area contributed by atoms with Gasteiger partial charge in [-0.05, 0) is 29.2 Å². The molecule has 1 aliphatic rings. The number of benzene rings is 2. The Morgan fingerprint density at radius 2 is 1.78 bits per heavy atom. The molecule has 2 aromatic rings. The summed E-state index contributed by atoms with van der Waals surface area (Å²) in [5.41, 5.74) is 10.3. The highest BCUT2D eigenvalue weighted by atomic mass is 16.1. The Morgan fingerprint density at radius 3 is 2.33 bits per heavy atom. The van der Waals surface area contributed by atoms with Crippen molar-refractivity contribution in [2.75, 3.05) is 7.05 Å². The van der Waals surface area contributed by atoms with Crippen LogP contribution in [0.5, 0.6) is 0 Å². The van der Waals surface area contributed by atoms with E-state index in [4.69, 9.17) is 5.73 Å². The lowest BCUT2D eigenvalue weighted by Crippen LogP contribution is -2.42. The first-order valence-corrected chi connectivity index (χ1v) is 8.78. The average Bonchev–Trinajstić information content (AvgIpc) is 2.99. The van der Waals surface area contributed by atoms with Crippen molar-refractivity contribution in [3.63, 3.8) is 0 Å². The number of nitrogens with two attached hydrogens (primary N) is 1. The Hall–Kier alpha value is -3.57. The fourth-order valence-electron chi connectivity index (χ4n) is 3.90. The Kier molecular flexibility index (Phi) is 4.96. The summed E-state index contributed by atoms with van der Waals surface area (Å²) in [6.45, 7) is 1.96. The van der Waals surface area contributed by atoms with E-state index in [1.807, 2.05) is 61.3 Å². The zero-order chi connectivity index (χ0) is 19.6. The van der Waals surface area contributed by atoms with E-state index in [1.54, 1.807) is 6.07 Å². The smallest absolute Gasteiger partial charge is 0.241 e. The van der Waals surface area contributed by atoms with Crippen molar-refractivity contribution in [3.8, 4) is 23.3 Å². The molecule has 2 atom stereocenters. The van der Waals surface area contributed by atoms with Crippen LogP contribution in [0, 0.1) is 22.7 Å². The van der Waals surface area contributed by atoms with Gasteiger partial charge in [-0.25, -0.2) is 0 Å². The molecule has 0 spiro atoms. The standard InChI is InChI=1S/C22H20N4O/c1-3-19-18(13-24)20(21(22(25)27)26(19)2)15-10-8-14(9-11-15)17-7-5-4-6-16(17)12-23/h4-11,20-21H,3H2,1-2H3,(H2,25,27). The van der Waals surface area contributed by atoms with Gasteiger partial charge in [-0.1, -0.05) is 49.4 Å². The molecule has 0 fully saturated rings. The van der Waals surface area contributed by atoms with Crippen LogP contribution in [0.2, 0.25) is 0 Å². The number of hydrogen-bond acceptors (Lipinski definition) is 4. The summed E-state index contributed by atoms with van der Waals surface area (Å²) in [5.74, 6) is -0.828. The Balaban J connectivity index is 2.05. The average molecular weight is 356 g/mol. The van der Waals surface area contributed by atoms with Crippen molar-refractivity contribution in [2.45, 2.75) is 25.3 Å². The van der Waals surface area contributed by atoms with Crippen LogP contribution in [0.15, 0.2) is 59.8 Å². The second-order valence-corrected chi connectivity index (χ2v) is 6.54. The molecular weight excluding hydrogens is 336 g/mol. The van der Waals surface area contributed by atoms with E-state index in [0.29, 0.717) is 17.6 Å². The first-order valence-electron chi connectivity index (χ1n) is 8.78. The van der Waals surface area contributed by atoms with Crippen molar-refractivity contribution >= 4 is 5.91 Å². The number of nitriles is 2. The van der Waals surface area contributed by atoms with Gasteiger partial charge in [0, 0.05) is 12.7 Å². The second-order valence-electron chi connectivity index (χ2n) is 6.54. The molecular formula is C22H20N4O. The van der Waals surface area contributed by atoms with E-state index in [2.05, 4.69) is 12.1 Å². The third-order valence-electron chi connectivity index (χ3n) is 5.16. The van der Waals surface area contributed by atoms with E-state index >= 15 is 0 Å². The fourth-order valence-corrected chi connectivity index (χ4v) is 3.90. The lowest BCUT2D eigenvalue weighted by molar-refractivity contribution is -0.122. The lowest BCUT2D eigenvalue weighted by atomic mass is 9.86. The number of likely N-dealkylation sites (N-methyl/N-ethyl adjacent to an activating group) is 1. The lowest BCUT2D eigenvalue weighted by Gasteiger charge is -2.26. The molecule has 27 heavy (non-hydrogen) atoms. The monoisotopic (exact) mass is 356 g/mol. The maximum Gasteiger partial charge on any atom is 0.241 e. The van der Waals surface area contributed by atoms with Gasteiger partial charge in [-0.3, -0.25) is 4.79 Å². The number of carbonyl (C=O) groups is 1. The normalized spacial score (nSPS) is 18.9. The minimum Gasteiger partial charge on any atom is -0.368 e. The quantitative estimate of drug-likeness (QED) is 0.909. The van der Waals surface area contributed by atoms with E-state index < -0.39 is 11.9 Å². The molecule has 0 saturated carbocycles. The van der Waals surface area contributed by atoms with Gasteiger partial charge in [0.1, 0.15) is 6.04 Å². The number of allylic oxidation sites excluding steroid dienone is 1. The first-order chi connectivity index (χ1) is 13.0. The summed E-state index contributed by atoms with van der Waals surface area (Å²) in [6.07, 6.45) is 0.660. The molecule has 2 unspecified atom stereocenters. The molecule has 0 saturated heterocycles. The number of carbonyl (C=O) groups excluding carboxylic acids is 1. The van der Waals surface area contributed by atoms with Crippen molar-refractivity contribution in [1.82, 2.24) is 4.90 Å². The van der Waals surface area contributed by atoms with Crippen molar-refractivity contribution in [1.29, 1.82) is 10.5 Å². The highest BCUT2D eigenvalue weighted by Crippen LogP contribution is 2.41. The van der Waals surface area contributed by atoms with Crippen LogP contribution in [0.3, 0.4) is 0 Å². The van der Waals surface area contributed by atoms with Gasteiger partial charge in [0.2, 0.25) is 5.91 Å². The molecule has 0 aromatic heterocycles. The summed E-state index contributed by atoms with van der Waals surface area (Å²) >= 11 is 0. The molecule has 1 aliphatic heterocycles. The van der Waals surface area contributed by atoms with Crippen LogP contribution in [-0.4, -0.2) is 23.9 Å². The molecule has 0 radical (unpaired) electrons. The van der Waals surface area contributed by atoms with Crippen LogP contribution in [0.25, 0.3) is 11.1 Å². The van der Waals surface area contributed by atoms with Gasteiger partial charge in [0.25, 0.3) is 0 Å². The topological polar surface area (TPSA) is 93.9 Å². The van der Waals surface area contributed by atoms with Gasteiger partial charge in [0.05, 0.1) is 29.2 Å². The zero-order valence-electron chi connectivity index (χ0n) is 15.3. The van der Waals surface area contributed by atoms with Crippen LogP contribution in [0.1, 0.15) is 30.4 Å². The molecule has 5 nitrogen and oxygen atoms in total. The van der Waals surface area contributed by atoms with Crippen molar-refractivity contribution in [3.05, 3.63) is 70.9 Å². The van der Waals surface area contributed by atoms with Crippen LogP contribution >= 0.6 is 0 Å². The molecule has 0 aliphatic carbocycles. The minimum atomic E-state index is -0.577. The summed E-state index contributed by atoms with van der Waals surface area (Å²) < 4.78 is 0. The van der Waals surface area contributed by atoms with Gasteiger partial charge in [-0.2, -0.15) is 10.5 Å². The van der Waals surface area contributed by atoms with Crippen molar-refractivity contribution < 1.29 is 4.79 Å². The van der Waals surface area contributed by atoms with E-state index in [1.165, 1.54) is 0 Å². The zero-order valence-corrected chi connectivity index (χ0v) is 15.3. The third-order valence-corrected chi connectivity index (χ3v) is 5.16. The number of hydrogen-bond donors (Lipinski definition) is 1. The molecule has 5 heteroatoms. The predicted octanol–water partition coefficient (Wildman–Crippen LogP) is 3.30. The Morgan fingerprint density at radius 1 is 1.11 bits per heavy atom. The minimum absolute atomic E-state index is 0.382. The maximum atomic E-state index is 12.1. The van der Waals surface area contributed by atoms with E-state index in [-0.39, 0.29) is 5.92 Å². The maximum absolute atomic E-state index is 12.1. The summed E-state index contributed by atoms with van der Waals surface area (Å²) in [4.78, 5) is 13.9. The number of nitrogens with zero attached hydrogens (tertiary/aromatic N) is 3. The van der Waals surface area contributed by atoms with Crippen LogP contribution in [-0.2, 0) is 4.79 Å². The first kappa shape index (κ1) is 18.2. The van der Waals surface area contributed by atoms with Gasteiger partial charge in [0.15, 0.2) is 0 Å². The third kappa shape index (κ3) is 3.05. The van der Waals surface area contributed by atoms with E-state index in [0.717, 1.165) is 22.4 Å². The van der Waals surface area contributed by atoms with Crippen molar-refractivity contribution in [2.24, 2.45) is 5.73 Å². The number of primary amides is 1. The Labute approximate surface area is 158 Å². The highest BCUT2D eigenvalue weighted by molar-refractivity contribution is 5.84. The molecule has 134 valence electrons. The molecule has 2 aromatic carbocycles. The molecule has 3 rings (SSSR count). The number of amides is 1. The van der Waals surface area contributed by atoms with E-state index in [9.17, 15) is 15.3 Å². The SMILES string of the molecule is CCC1=C(C#N)C(c2ccc(-c3ccccc3C#N)cc2)C(C(N)=O)N1C. The second kappa shape index (κ2) is 7.35. The molecule has 2 N–H and O–H groups in total. The molecule has 0 bridgehead atoms. The van der Waals surface area contributed by atoms with Gasteiger partial charge in [-0.15, -0.1) is 0 Å². The molecule has 1 amide bonds.